The average Bonchev–Trinajstić information content (AvgIpc) is 2.18. The second kappa shape index (κ2) is 4.67. The number of rotatable bonds is 2. The fourth-order valence-electron chi connectivity index (χ4n) is 1.31. The summed E-state index contributed by atoms with van der Waals surface area (Å²) in [5.41, 5.74) is 1.31. The van der Waals surface area contributed by atoms with Crippen LogP contribution in [0.15, 0.2) is 24.5 Å². The van der Waals surface area contributed by atoms with Crippen molar-refractivity contribution in [1.82, 2.24) is 4.98 Å². The number of nitrogens with zero attached hydrogens (tertiary/aromatic N) is 1. The predicted octanol–water partition coefficient (Wildman–Crippen LogP) is 2.84. The van der Waals surface area contributed by atoms with Crippen molar-refractivity contribution in [3.8, 4) is 11.8 Å². The largest absolute Gasteiger partial charge is 0.265 e. The molecule has 1 nitrogen and oxygen atoms in total. The molecule has 0 saturated heterocycles. The van der Waals surface area contributed by atoms with Crippen LogP contribution in [-0.4, -0.2) is 4.98 Å². The molecule has 2 unspecified atom stereocenters. The van der Waals surface area contributed by atoms with Crippen molar-refractivity contribution in [2.75, 3.05) is 0 Å². The molecule has 1 heterocycles. The lowest BCUT2D eigenvalue weighted by atomic mass is 9.90. The van der Waals surface area contributed by atoms with Crippen LogP contribution in [-0.2, 0) is 0 Å². The van der Waals surface area contributed by atoms with Gasteiger partial charge in [0.15, 0.2) is 0 Å². The summed E-state index contributed by atoms with van der Waals surface area (Å²) in [4.78, 5) is 4.00. The molecule has 0 amide bonds. The van der Waals surface area contributed by atoms with Gasteiger partial charge in [0.2, 0.25) is 0 Å². The van der Waals surface area contributed by atoms with Gasteiger partial charge in [-0.25, -0.2) is 0 Å². The van der Waals surface area contributed by atoms with Gasteiger partial charge in [-0.2, -0.15) is 0 Å². The molecule has 68 valence electrons. The van der Waals surface area contributed by atoms with Crippen LogP contribution in [0.4, 0.5) is 0 Å². The quantitative estimate of drug-likeness (QED) is 0.627. The highest BCUT2D eigenvalue weighted by atomic mass is 14.6. The van der Waals surface area contributed by atoms with E-state index < -0.39 is 0 Å². The van der Waals surface area contributed by atoms with Crippen LogP contribution in [0.3, 0.4) is 0 Å². The molecule has 1 heteroatoms. The van der Waals surface area contributed by atoms with Crippen molar-refractivity contribution in [2.24, 2.45) is 5.92 Å². The Morgan fingerprint density at radius 3 is 2.38 bits per heavy atom. The normalized spacial score (nSPS) is 14.1. The maximum atomic E-state index is 4.00. The van der Waals surface area contributed by atoms with E-state index in [1.165, 1.54) is 5.56 Å². The highest BCUT2D eigenvalue weighted by Crippen LogP contribution is 2.22. The van der Waals surface area contributed by atoms with E-state index in [-0.39, 0.29) is 0 Å². The Bertz CT molecular complexity index is 305. The number of pyridine rings is 1. The predicted molar refractivity (Wildman–Crippen MR) is 55.3 cm³/mol. The molecule has 0 bridgehead atoms. The van der Waals surface area contributed by atoms with Crippen molar-refractivity contribution >= 4 is 0 Å². The van der Waals surface area contributed by atoms with Gasteiger partial charge in [-0.1, -0.05) is 19.8 Å². The van der Waals surface area contributed by atoms with Crippen LogP contribution in [0, 0.1) is 17.8 Å². The minimum Gasteiger partial charge on any atom is -0.265 e. The monoisotopic (exact) mass is 173 g/mol. The zero-order valence-electron chi connectivity index (χ0n) is 8.41. The van der Waals surface area contributed by atoms with E-state index in [4.69, 9.17) is 0 Å². The summed E-state index contributed by atoms with van der Waals surface area (Å²) in [5.74, 6) is 7.02. The maximum absolute atomic E-state index is 4.00. The minimum atomic E-state index is 0.410. The summed E-state index contributed by atoms with van der Waals surface area (Å²) in [6.07, 6.45) is 3.66. The Morgan fingerprint density at radius 1 is 1.23 bits per heavy atom. The molecule has 0 N–H and O–H groups in total. The van der Waals surface area contributed by atoms with Gasteiger partial charge in [-0.3, -0.25) is 4.98 Å². The van der Waals surface area contributed by atoms with Crippen molar-refractivity contribution < 1.29 is 0 Å². The topological polar surface area (TPSA) is 12.9 Å². The van der Waals surface area contributed by atoms with Gasteiger partial charge in [0.25, 0.3) is 0 Å². The van der Waals surface area contributed by atoms with Gasteiger partial charge >= 0.3 is 0 Å². The molecular formula is C12H15N. The molecule has 0 radical (unpaired) electrons. The Hall–Kier alpha value is -1.29. The van der Waals surface area contributed by atoms with Crippen molar-refractivity contribution in [3.63, 3.8) is 0 Å². The first kappa shape index (κ1) is 9.80. The second-order valence-electron chi connectivity index (χ2n) is 3.25. The molecule has 1 rings (SSSR count). The zero-order chi connectivity index (χ0) is 9.68. The number of hydrogen-bond donors (Lipinski definition) is 0. The molecule has 1 aromatic heterocycles. The molecule has 0 spiro atoms. The first-order chi connectivity index (χ1) is 6.25. The summed E-state index contributed by atoms with van der Waals surface area (Å²) in [6, 6.07) is 4.11. The van der Waals surface area contributed by atoms with Crippen LogP contribution in [0.25, 0.3) is 0 Å². The Labute approximate surface area is 80.2 Å². The van der Waals surface area contributed by atoms with Crippen molar-refractivity contribution in [2.45, 2.75) is 26.7 Å². The Balaban J connectivity index is 2.77. The van der Waals surface area contributed by atoms with E-state index in [1.54, 1.807) is 0 Å². The molecule has 0 aliphatic rings. The van der Waals surface area contributed by atoms with E-state index in [0.717, 1.165) is 0 Å². The number of aromatic nitrogens is 1. The van der Waals surface area contributed by atoms with E-state index in [1.807, 2.05) is 19.3 Å². The van der Waals surface area contributed by atoms with Gasteiger partial charge in [0.05, 0.1) is 0 Å². The van der Waals surface area contributed by atoms with Gasteiger partial charge in [0.1, 0.15) is 0 Å². The summed E-state index contributed by atoms with van der Waals surface area (Å²) >= 11 is 0. The fraction of sp³-hybridized carbons (Fsp3) is 0.417. The molecular weight excluding hydrogens is 158 g/mol. The smallest absolute Gasteiger partial charge is 0.0270 e. The lowest BCUT2D eigenvalue weighted by molar-refractivity contribution is 0.609. The molecule has 0 aromatic carbocycles. The van der Waals surface area contributed by atoms with Crippen LogP contribution < -0.4 is 0 Å². The highest BCUT2D eigenvalue weighted by Gasteiger charge is 2.10. The summed E-state index contributed by atoms with van der Waals surface area (Å²) < 4.78 is 0. The van der Waals surface area contributed by atoms with Crippen molar-refractivity contribution in [1.29, 1.82) is 0 Å². The molecule has 0 aliphatic carbocycles. The van der Waals surface area contributed by atoms with Crippen LogP contribution in [0.2, 0.25) is 0 Å². The molecule has 13 heavy (non-hydrogen) atoms. The first-order valence-electron chi connectivity index (χ1n) is 4.58. The van der Waals surface area contributed by atoms with Crippen molar-refractivity contribution in [3.05, 3.63) is 30.1 Å². The SMILES string of the molecule is CC#CC(C)C(C)c1ccncc1. The van der Waals surface area contributed by atoms with E-state index in [2.05, 4.69) is 42.8 Å². The van der Waals surface area contributed by atoms with E-state index in [9.17, 15) is 0 Å². The molecule has 0 aliphatic heterocycles. The Morgan fingerprint density at radius 2 is 1.85 bits per heavy atom. The van der Waals surface area contributed by atoms with E-state index in [0.29, 0.717) is 11.8 Å². The fourth-order valence-corrected chi connectivity index (χ4v) is 1.31. The third kappa shape index (κ3) is 2.59. The minimum absolute atomic E-state index is 0.410. The average molecular weight is 173 g/mol. The zero-order valence-corrected chi connectivity index (χ0v) is 8.41. The maximum Gasteiger partial charge on any atom is 0.0270 e. The van der Waals surface area contributed by atoms with Gasteiger partial charge < -0.3 is 0 Å². The van der Waals surface area contributed by atoms with E-state index >= 15 is 0 Å². The van der Waals surface area contributed by atoms with Gasteiger partial charge in [0, 0.05) is 18.3 Å². The van der Waals surface area contributed by atoms with Crippen LogP contribution >= 0.6 is 0 Å². The van der Waals surface area contributed by atoms with Gasteiger partial charge in [-0.05, 0) is 30.5 Å². The highest BCUT2D eigenvalue weighted by molar-refractivity contribution is 5.19. The second-order valence-corrected chi connectivity index (χ2v) is 3.25. The Kier molecular flexibility index (Phi) is 3.52. The standard InChI is InChI=1S/C12H15N/c1-4-5-10(2)11(3)12-6-8-13-9-7-12/h6-11H,1-3H3. The lowest BCUT2D eigenvalue weighted by Crippen LogP contribution is -2.03. The van der Waals surface area contributed by atoms with Crippen LogP contribution in [0.1, 0.15) is 32.3 Å². The third-order valence-corrected chi connectivity index (χ3v) is 2.35. The molecule has 1 aromatic rings. The third-order valence-electron chi connectivity index (χ3n) is 2.35. The summed E-state index contributed by atoms with van der Waals surface area (Å²) in [5, 5.41) is 0. The molecule has 0 saturated carbocycles. The summed E-state index contributed by atoms with van der Waals surface area (Å²) in [6.45, 7) is 6.24. The number of hydrogen-bond acceptors (Lipinski definition) is 1. The van der Waals surface area contributed by atoms with Gasteiger partial charge in [-0.15, -0.1) is 5.92 Å². The first-order valence-corrected chi connectivity index (χ1v) is 4.58. The molecule has 2 atom stereocenters. The van der Waals surface area contributed by atoms with Crippen LogP contribution in [0.5, 0.6) is 0 Å². The lowest BCUT2D eigenvalue weighted by Gasteiger charge is -2.14. The summed E-state index contributed by atoms with van der Waals surface area (Å²) in [7, 11) is 0. The molecule has 0 fully saturated rings.